The molecule has 0 radical (unpaired) electrons. The van der Waals surface area contributed by atoms with E-state index in [0.717, 1.165) is 6.04 Å². The van der Waals surface area contributed by atoms with Gasteiger partial charge in [0.15, 0.2) is 0 Å². The minimum atomic E-state index is -4.44. The zero-order valence-corrected chi connectivity index (χ0v) is 14.8. The summed E-state index contributed by atoms with van der Waals surface area (Å²) in [4.78, 5) is 0. The van der Waals surface area contributed by atoms with Gasteiger partial charge in [-0.15, -0.1) is 0 Å². The van der Waals surface area contributed by atoms with Gasteiger partial charge in [-0.1, -0.05) is 37.6 Å². The lowest BCUT2D eigenvalue weighted by Gasteiger charge is -2.18. The van der Waals surface area contributed by atoms with Crippen molar-refractivity contribution in [1.82, 2.24) is 0 Å². The second-order valence-electron chi connectivity index (χ2n) is 5.34. The molecule has 1 nitrogen and oxygen atoms in total. The highest BCUT2D eigenvalue weighted by atomic mass is 28.3. The van der Waals surface area contributed by atoms with Gasteiger partial charge >= 0.3 is 12.3 Å². The number of halogens is 5. The molecule has 0 aliphatic heterocycles. The van der Waals surface area contributed by atoms with Gasteiger partial charge in [-0.25, -0.2) is 0 Å². The van der Waals surface area contributed by atoms with E-state index < -0.39 is 40.5 Å². The van der Waals surface area contributed by atoms with Gasteiger partial charge < -0.3 is 4.74 Å². The molecule has 0 aromatic heterocycles. The fraction of sp³-hybridized carbons (Fsp3) is 1.00. The molecule has 0 aromatic carbocycles. The maximum Gasteiger partial charge on any atom is 0.391 e. The summed E-state index contributed by atoms with van der Waals surface area (Å²) in [5.41, 5.74) is 0. The quantitative estimate of drug-likeness (QED) is 0.312. The lowest BCUT2D eigenvalue weighted by molar-refractivity contribution is -0.254. The molecule has 0 fully saturated rings. The second kappa shape index (κ2) is 9.89. The van der Waals surface area contributed by atoms with Crippen LogP contribution in [0, 0.1) is 0 Å². The molecular formula is C12H25F5OSi2. The number of hydrogen-bond acceptors (Lipinski definition) is 1. The van der Waals surface area contributed by atoms with E-state index in [1.165, 1.54) is 18.5 Å². The summed E-state index contributed by atoms with van der Waals surface area (Å²) in [6.45, 7) is 3.45. The normalized spacial score (nSPS) is 15.2. The van der Waals surface area contributed by atoms with Gasteiger partial charge in [0.05, 0.1) is 13.0 Å². The first-order chi connectivity index (χ1) is 9.16. The Bertz CT molecular complexity index is 248. The maximum atomic E-state index is 13.2. The van der Waals surface area contributed by atoms with Crippen molar-refractivity contribution in [1.29, 1.82) is 0 Å². The van der Waals surface area contributed by atoms with Gasteiger partial charge in [0.2, 0.25) is 0 Å². The Kier molecular flexibility index (Phi) is 9.91. The van der Waals surface area contributed by atoms with E-state index in [1.54, 1.807) is 0 Å². The van der Waals surface area contributed by atoms with E-state index in [-0.39, 0.29) is 9.52 Å². The Labute approximate surface area is 121 Å². The largest absolute Gasteiger partial charge is 0.391 e. The third kappa shape index (κ3) is 13.0. The summed E-state index contributed by atoms with van der Waals surface area (Å²) in [5, 5.41) is 0. The van der Waals surface area contributed by atoms with E-state index in [0.29, 0.717) is 6.42 Å². The molecular weight excluding hydrogens is 311 g/mol. The van der Waals surface area contributed by atoms with Crippen molar-refractivity contribution in [3.63, 3.8) is 0 Å². The molecule has 0 saturated carbocycles. The lowest BCUT2D eigenvalue weighted by Crippen LogP contribution is -2.24. The van der Waals surface area contributed by atoms with Crippen LogP contribution in [0.5, 0.6) is 0 Å². The molecule has 0 rings (SSSR count). The molecule has 0 amide bonds. The predicted molar refractivity (Wildman–Crippen MR) is 77.3 cm³/mol. The highest BCUT2D eigenvalue weighted by Crippen LogP contribution is 2.26. The van der Waals surface area contributed by atoms with Crippen LogP contribution in [0.25, 0.3) is 0 Å². The van der Waals surface area contributed by atoms with Crippen molar-refractivity contribution in [2.75, 3.05) is 6.61 Å². The molecule has 20 heavy (non-hydrogen) atoms. The first-order valence-corrected chi connectivity index (χ1v) is 12.4. The highest BCUT2D eigenvalue weighted by molar-refractivity contribution is 6.57. The number of hydrogen-bond donors (Lipinski definition) is 0. The van der Waals surface area contributed by atoms with Crippen molar-refractivity contribution < 1.29 is 26.7 Å². The van der Waals surface area contributed by atoms with Crippen LogP contribution in [-0.4, -0.2) is 37.2 Å². The number of alkyl halides is 5. The van der Waals surface area contributed by atoms with Crippen molar-refractivity contribution in [3.05, 3.63) is 0 Å². The van der Waals surface area contributed by atoms with Gasteiger partial charge in [-0.2, -0.15) is 22.0 Å². The van der Waals surface area contributed by atoms with E-state index in [9.17, 15) is 22.0 Å². The molecule has 0 aliphatic carbocycles. The molecule has 0 saturated heterocycles. The van der Waals surface area contributed by atoms with Gasteiger partial charge in [0, 0.05) is 24.7 Å². The monoisotopic (exact) mass is 336 g/mol. The molecule has 8 heteroatoms. The Morgan fingerprint density at radius 1 is 1.00 bits per heavy atom. The van der Waals surface area contributed by atoms with E-state index in [1.807, 2.05) is 0 Å². The van der Waals surface area contributed by atoms with Gasteiger partial charge in [0.25, 0.3) is 0 Å². The Morgan fingerprint density at radius 2 is 1.60 bits per heavy atom. The summed E-state index contributed by atoms with van der Waals surface area (Å²) in [6.07, 6.45) is -8.10. The van der Waals surface area contributed by atoms with Crippen LogP contribution >= 0.6 is 0 Å². The van der Waals surface area contributed by atoms with Crippen LogP contribution in [0.2, 0.25) is 31.2 Å². The van der Waals surface area contributed by atoms with Crippen molar-refractivity contribution in [2.24, 2.45) is 0 Å². The van der Waals surface area contributed by atoms with E-state index in [4.69, 9.17) is 0 Å². The molecule has 0 spiro atoms. The summed E-state index contributed by atoms with van der Waals surface area (Å²) in [6, 6.07) is 3.30. The van der Waals surface area contributed by atoms with Crippen LogP contribution in [0.15, 0.2) is 0 Å². The third-order valence-corrected chi connectivity index (χ3v) is 7.16. The van der Waals surface area contributed by atoms with Crippen molar-refractivity contribution >= 4 is 18.3 Å². The van der Waals surface area contributed by atoms with E-state index in [2.05, 4.69) is 17.8 Å². The molecule has 1 atom stereocenters. The van der Waals surface area contributed by atoms with Crippen molar-refractivity contribution in [2.45, 2.75) is 69.2 Å². The Balaban J connectivity index is 3.70. The maximum absolute atomic E-state index is 13.2. The average molecular weight is 336 g/mol. The van der Waals surface area contributed by atoms with Gasteiger partial charge in [-0.05, 0) is 6.42 Å². The smallest absolute Gasteiger partial charge is 0.320 e. The van der Waals surface area contributed by atoms with Crippen LogP contribution in [0.1, 0.15) is 25.7 Å². The SMILES string of the molecule is C[SiH2]CCC[SiH](C)CCCC(F)(F)OCCC(F)(F)F. The molecule has 122 valence electrons. The van der Waals surface area contributed by atoms with Crippen LogP contribution in [0.3, 0.4) is 0 Å². The highest BCUT2D eigenvalue weighted by Gasteiger charge is 2.33. The minimum absolute atomic E-state index is 0.0984. The summed E-state index contributed by atoms with van der Waals surface area (Å²) < 4.78 is 65.9. The van der Waals surface area contributed by atoms with Crippen LogP contribution in [0.4, 0.5) is 22.0 Å². The zero-order chi connectivity index (χ0) is 15.6. The predicted octanol–water partition coefficient (Wildman–Crippen LogP) is 4.21. The minimum Gasteiger partial charge on any atom is -0.320 e. The van der Waals surface area contributed by atoms with Crippen LogP contribution < -0.4 is 0 Å². The Morgan fingerprint density at radius 3 is 2.15 bits per heavy atom. The van der Waals surface area contributed by atoms with Crippen molar-refractivity contribution in [3.8, 4) is 0 Å². The zero-order valence-electron chi connectivity index (χ0n) is 12.2. The third-order valence-electron chi connectivity index (χ3n) is 3.16. The molecule has 0 aliphatic rings. The topological polar surface area (TPSA) is 9.23 Å². The standard InChI is InChI=1S/C12H25F5OSi2/c1-19-8-4-10-20(2)9-3-5-12(16,17)18-7-6-11(13,14)15/h20H,3-10,19H2,1-2H3. The first kappa shape index (κ1) is 20.0. The number of rotatable bonds is 11. The van der Waals surface area contributed by atoms with Crippen LogP contribution in [-0.2, 0) is 4.74 Å². The lowest BCUT2D eigenvalue weighted by atomic mass is 10.3. The fourth-order valence-electron chi connectivity index (χ4n) is 1.93. The molecule has 1 unspecified atom stereocenters. The first-order valence-electron chi connectivity index (χ1n) is 7.25. The van der Waals surface area contributed by atoms with Gasteiger partial charge in [0.1, 0.15) is 0 Å². The van der Waals surface area contributed by atoms with E-state index >= 15 is 0 Å². The molecule has 0 aromatic rings. The second-order valence-corrected chi connectivity index (χ2v) is 10.4. The fourth-order valence-corrected chi connectivity index (χ4v) is 5.47. The summed E-state index contributed by atoms with van der Waals surface area (Å²) >= 11 is 0. The summed E-state index contributed by atoms with van der Waals surface area (Å²) in [7, 11) is -0.826. The molecule has 0 heterocycles. The number of ether oxygens (including phenoxy) is 1. The molecule has 0 N–H and O–H groups in total. The molecule has 0 bridgehead atoms. The Hall–Kier alpha value is 0.0438. The average Bonchev–Trinajstić information content (AvgIpc) is 2.26. The van der Waals surface area contributed by atoms with Gasteiger partial charge in [-0.3, -0.25) is 0 Å². The summed E-state index contributed by atoms with van der Waals surface area (Å²) in [5.74, 6) is 0.